The second kappa shape index (κ2) is 5.09. The quantitative estimate of drug-likeness (QED) is 0.643. The van der Waals surface area contributed by atoms with E-state index in [-0.39, 0.29) is 17.0 Å². The predicted octanol–water partition coefficient (Wildman–Crippen LogP) is 1.77. The Labute approximate surface area is 102 Å². The monoisotopic (exact) mass is 251 g/mol. The summed E-state index contributed by atoms with van der Waals surface area (Å²) >= 11 is 1.29. The van der Waals surface area contributed by atoms with E-state index in [1.807, 2.05) is 0 Å². The molecule has 4 nitrogen and oxygen atoms in total. The van der Waals surface area contributed by atoms with E-state index in [0.29, 0.717) is 10.7 Å². The molecule has 17 heavy (non-hydrogen) atoms. The molecule has 2 rings (SSSR count). The molecule has 1 amide bonds. The van der Waals surface area contributed by atoms with Crippen LogP contribution in [0.25, 0.3) is 0 Å². The molecule has 1 aromatic carbocycles. The molecule has 1 atom stereocenters. The standard InChI is InChI=1S/C11H10FN3OS/c1-7-10(16)14-11(17-7)15-13-6-8-4-2-3-5-9(8)12/h2-7H,1H3,(H,14,15,16)/b13-6+. The van der Waals surface area contributed by atoms with Crippen molar-refractivity contribution in [3.63, 3.8) is 0 Å². The molecule has 1 fully saturated rings. The summed E-state index contributed by atoms with van der Waals surface area (Å²) in [6.07, 6.45) is 1.32. The first-order valence-electron chi connectivity index (χ1n) is 5.00. The number of carbonyl (C=O) groups excluding carboxylic acids is 1. The van der Waals surface area contributed by atoms with E-state index in [2.05, 4.69) is 15.5 Å². The van der Waals surface area contributed by atoms with Crippen molar-refractivity contribution in [3.05, 3.63) is 35.6 Å². The first-order chi connectivity index (χ1) is 8.16. The summed E-state index contributed by atoms with van der Waals surface area (Å²) in [6, 6.07) is 6.27. The molecule has 0 bridgehead atoms. The van der Waals surface area contributed by atoms with Crippen LogP contribution in [0.5, 0.6) is 0 Å². The number of hydrogen-bond donors (Lipinski definition) is 1. The topological polar surface area (TPSA) is 53.8 Å². The van der Waals surface area contributed by atoms with Crippen molar-refractivity contribution in [3.8, 4) is 0 Å². The lowest BCUT2D eigenvalue weighted by molar-refractivity contribution is -0.118. The van der Waals surface area contributed by atoms with Crippen molar-refractivity contribution in [1.82, 2.24) is 5.32 Å². The Kier molecular flexibility index (Phi) is 3.53. The Morgan fingerprint density at radius 1 is 1.47 bits per heavy atom. The van der Waals surface area contributed by atoms with Gasteiger partial charge >= 0.3 is 0 Å². The number of carbonyl (C=O) groups is 1. The van der Waals surface area contributed by atoms with Crippen LogP contribution in [-0.2, 0) is 4.79 Å². The van der Waals surface area contributed by atoms with Gasteiger partial charge in [-0.15, -0.1) is 5.10 Å². The van der Waals surface area contributed by atoms with Gasteiger partial charge in [0.05, 0.1) is 11.5 Å². The molecule has 0 aliphatic carbocycles. The number of nitrogens with zero attached hydrogens (tertiary/aromatic N) is 2. The Morgan fingerprint density at radius 3 is 2.88 bits per heavy atom. The Morgan fingerprint density at radius 2 is 2.24 bits per heavy atom. The summed E-state index contributed by atoms with van der Waals surface area (Å²) in [4.78, 5) is 11.1. The normalized spacial score (nSPS) is 22.4. The maximum absolute atomic E-state index is 13.2. The van der Waals surface area contributed by atoms with Crippen LogP contribution in [0.4, 0.5) is 4.39 Å². The third-order valence-corrected chi connectivity index (χ3v) is 3.11. The zero-order chi connectivity index (χ0) is 12.3. The molecule has 0 aromatic heterocycles. The first-order valence-corrected chi connectivity index (χ1v) is 5.88. The summed E-state index contributed by atoms with van der Waals surface area (Å²) in [6.45, 7) is 1.78. The van der Waals surface area contributed by atoms with Crippen molar-refractivity contribution in [2.45, 2.75) is 12.2 Å². The summed E-state index contributed by atoms with van der Waals surface area (Å²) in [5, 5.41) is 10.4. The van der Waals surface area contributed by atoms with Gasteiger partial charge in [-0.2, -0.15) is 5.10 Å². The lowest BCUT2D eigenvalue weighted by atomic mass is 10.2. The molecule has 1 aliphatic heterocycles. The van der Waals surface area contributed by atoms with Crippen LogP contribution >= 0.6 is 11.8 Å². The largest absolute Gasteiger partial charge is 0.303 e. The maximum Gasteiger partial charge on any atom is 0.239 e. The molecule has 1 unspecified atom stereocenters. The highest BCUT2D eigenvalue weighted by molar-refractivity contribution is 8.15. The number of benzene rings is 1. The van der Waals surface area contributed by atoms with Crippen LogP contribution in [0.2, 0.25) is 0 Å². The van der Waals surface area contributed by atoms with Crippen LogP contribution < -0.4 is 5.32 Å². The average Bonchev–Trinajstić information content (AvgIpc) is 2.61. The number of rotatable bonds is 2. The highest BCUT2D eigenvalue weighted by Gasteiger charge is 2.25. The van der Waals surface area contributed by atoms with Gasteiger partial charge < -0.3 is 5.32 Å². The molecule has 1 aromatic rings. The van der Waals surface area contributed by atoms with Gasteiger partial charge in [0, 0.05) is 5.56 Å². The van der Waals surface area contributed by atoms with Crippen LogP contribution in [-0.4, -0.2) is 22.5 Å². The third kappa shape index (κ3) is 2.91. The number of amides is 1. The van der Waals surface area contributed by atoms with Crippen LogP contribution in [0, 0.1) is 5.82 Å². The molecular formula is C11H10FN3OS. The number of thioether (sulfide) groups is 1. The summed E-state index contributed by atoms with van der Waals surface area (Å²) in [7, 11) is 0. The minimum atomic E-state index is -0.354. The van der Waals surface area contributed by atoms with E-state index in [1.165, 1.54) is 24.0 Å². The van der Waals surface area contributed by atoms with E-state index in [1.54, 1.807) is 25.1 Å². The van der Waals surface area contributed by atoms with Crippen molar-refractivity contribution in [1.29, 1.82) is 0 Å². The average molecular weight is 251 g/mol. The number of hydrogen-bond acceptors (Lipinski definition) is 4. The Balaban J connectivity index is 2.06. The molecule has 88 valence electrons. The smallest absolute Gasteiger partial charge is 0.239 e. The Hall–Kier alpha value is -1.69. The van der Waals surface area contributed by atoms with Crippen molar-refractivity contribution < 1.29 is 9.18 Å². The van der Waals surface area contributed by atoms with Gasteiger partial charge in [0.1, 0.15) is 5.82 Å². The maximum atomic E-state index is 13.2. The molecule has 0 radical (unpaired) electrons. The molecule has 6 heteroatoms. The van der Waals surface area contributed by atoms with Gasteiger partial charge in [0.15, 0.2) is 5.17 Å². The zero-order valence-corrected chi connectivity index (χ0v) is 9.87. The lowest BCUT2D eigenvalue weighted by Crippen LogP contribution is -2.23. The van der Waals surface area contributed by atoms with Crippen LogP contribution in [0.1, 0.15) is 12.5 Å². The first kappa shape index (κ1) is 11.8. The number of nitrogens with one attached hydrogen (secondary N) is 1. The van der Waals surface area contributed by atoms with E-state index in [0.717, 1.165) is 0 Å². The second-order valence-electron chi connectivity index (χ2n) is 3.42. The number of amidine groups is 1. The van der Waals surface area contributed by atoms with E-state index in [4.69, 9.17) is 0 Å². The molecule has 1 N–H and O–H groups in total. The third-order valence-electron chi connectivity index (χ3n) is 2.14. The SMILES string of the molecule is CC1S/C(=N\N=C\c2ccccc2F)NC1=O. The number of halogens is 1. The minimum Gasteiger partial charge on any atom is -0.303 e. The van der Waals surface area contributed by atoms with Gasteiger partial charge in [0.25, 0.3) is 0 Å². The minimum absolute atomic E-state index is 0.0881. The molecule has 0 spiro atoms. The Bertz CT molecular complexity index is 501. The fourth-order valence-electron chi connectivity index (χ4n) is 1.23. The van der Waals surface area contributed by atoms with Gasteiger partial charge in [-0.25, -0.2) is 4.39 Å². The second-order valence-corrected chi connectivity index (χ2v) is 4.75. The molecule has 0 saturated carbocycles. The van der Waals surface area contributed by atoms with Gasteiger partial charge in [0.2, 0.25) is 5.91 Å². The van der Waals surface area contributed by atoms with Gasteiger partial charge in [-0.05, 0) is 13.0 Å². The highest BCUT2D eigenvalue weighted by Crippen LogP contribution is 2.18. The molecule has 1 heterocycles. The van der Waals surface area contributed by atoms with E-state index >= 15 is 0 Å². The lowest BCUT2D eigenvalue weighted by Gasteiger charge is -1.93. The fourth-order valence-corrected chi connectivity index (χ4v) is 1.98. The summed E-state index contributed by atoms with van der Waals surface area (Å²) in [5.41, 5.74) is 0.360. The predicted molar refractivity (Wildman–Crippen MR) is 66.6 cm³/mol. The molecule has 1 saturated heterocycles. The fraction of sp³-hybridized carbons (Fsp3) is 0.182. The van der Waals surface area contributed by atoms with Crippen molar-refractivity contribution in [2.24, 2.45) is 10.2 Å². The molecule has 1 aliphatic rings. The van der Waals surface area contributed by atoms with Crippen molar-refractivity contribution in [2.75, 3.05) is 0 Å². The van der Waals surface area contributed by atoms with Gasteiger partial charge in [-0.3, -0.25) is 4.79 Å². The van der Waals surface area contributed by atoms with Crippen LogP contribution in [0.15, 0.2) is 34.5 Å². The zero-order valence-electron chi connectivity index (χ0n) is 9.05. The van der Waals surface area contributed by atoms with E-state index < -0.39 is 0 Å². The van der Waals surface area contributed by atoms with Crippen molar-refractivity contribution >= 4 is 29.1 Å². The van der Waals surface area contributed by atoms with E-state index in [9.17, 15) is 9.18 Å². The molecular weight excluding hydrogens is 241 g/mol. The summed E-state index contributed by atoms with van der Waals surface area (Å²) < 4.78 is 13.2. The summed E-state index contributed by atoms with van der Waals surface area (Å²) in [5.74, 6) is -0.442. The highest BCUT2D eigenvalue weighted by atomic mass is 32.2. The van der Waals surface area contributed by atoms with Gasteiger partial charge in [-0.1, -0.05) is 30.0 Å². The van der Waals surface area contributed by atoms with Crippen LogP contribution in [0.3, 0.4) is 0 Å².